The van der Waals surface area contributed by atoms with Crippen LogP contribution in [-0.2, 0) is 0 Å². The van der Waals surface area contributed by atoms with Gasteiger partial charge in [0.15, 0.2) is 10.1 Å². The largest absolute Gasteiger partial charge is 0.503 e. The van der Waals surface area contributed by atoms with Gasteiger partial charge in [-0.05, 0) is 0 Å². The van der Waals surface area contributed by atoms with E-state index in [2.05, 4.69) is 0 Å². The van der Waals surface area contributed by atoms with Crippen molar-refractivity contribution in [1.82, 2.24) is 10.0 Å². The van der Waals surface area contributed by atoms with Crippen LogP contribution in [0, 0.1) is 50.6 Å². The quantitative estimate of drug-likeness (QED) is 0.298. The van der Waals surface area contributed by atoms with Crippen LogP contribution >= 0.6 is 0 Å². The first-order valence-electron chi connectivity index (χ1n) is 5.72. The number of nitro groups is 5. The molecule has 1 fully saturated rings. The lowest BCUT2D eigenvalue weighted by Gasteiger charge is -2.27. The Morgan fingerprint density at radius 1 is 0.739 bits per heavy atom. The van der Waals surface area contributed by atoms with E-state index in [9.17, 15) is 50.6 Å². The minimum absolute atomic E-state index is 0.0453. The second-order valence-corrected chi connectivity index (χ2v) is 4.61. The van der Waals surface area contributed by atoms with Crippen molar-refractivity contribution < 1.29 is 24.8 Å². The Morgan fingerprint density at radius 2 is 1.09 bits per heavy atom. The Kier molecular flexibility index (Phi) is 4.72. The SMILES string of the molecule is O=[N+]([O-])C1CN([N+](=O)[O-])CC([N+](=O)[O-])([N+](=O)[O-])CN([N+](=O)[O-])C1. The Balaban J connectivity index is 3.37. The normalized spacial score (nSPS) is 18.6. The zero-order valence-electron chi connectivity index (χ0n) is 11.1. The standard InChI is InChI=1S/C6H9N7O10/c14-9(15)5-1-7(12(20)21)3-6(10(16)17,11(18)19)4-8(2-5)13(22)23/h5H,1-4H2. The van der Waals surface area contributed by atoms with Crippen molar-refractivity contribution in [1.29, 1.82) is 0 Å². The highest BCUT2D eigenvalue weighted by Gasteiger charge is 2.64. The summed E-state index contributed by atoms with van der Waals surface area (Å²) >= 11 is 0. The highest BCUT2D eigenvalue weighted by atomic mass is 16.7. The van der Waals surface area contributed by atoms with Gasteiger partial charge in [0, 0.05) is 4.92 Å². The second-order valence-electron chi connectivity index (χ2n) is 4.61. The third kappa shape index (κ3) is 3.44. The first-order valence-corrected chi connectivity index (χ1v) is 5.72. The van der Waals surface area contributed by atoms with Crippen molar-refractivity contribution in [2.45, 2.75) is 11.7 Å². The molecule has 0 aromatic carbocycles. The van der Waals surface area contributed by atoms with E-state index < -0.39 is 62.7 Å². The van der Waals surface area contributed by atoms with Gasteiger partial charge in [0.2, 0.25) is 13.1 Å². The Hall–Kier alpha value is -3.40. The summed E-state index contributed by atoms with van der Waals surface area (Å²) in [5.74, 6) is 0. The van der Waals surface area contributed by atoms with Crippen molar-refractivity contribution >= 4 is 0 Å². The van der Waals surface area contributed by atoms with E-state index in [-0.39, 0.29) is 10.0 Å². The molecule has 17 nitrogen and oxygen atoms in total. The van der Waals surface area contributed by atoms with Crippen LogP contribution < -0.4 is 0 Å². The minimum Gasteiger partial charge on any atom is -0.264 e. The molecule has 1 aliphatic rings. The van der Waals surface area contributed by atoms with Gasteiger partial charge in [0.1, 0.15) is 22.9 Å². The summed E-state index contributed by atoms with van der Waals surface area (Å²) < 4.78 is 0. The lowest BCUT2D eigenvalue weighted by molar-refractivity contribution is -0.823. The molecule has 0 bridgehead atoms. The van der Waals surface area contributed by atoms with Gasteiger partial charge in [-0.2, -0.15) is 0 Å². The molecule has 0 spiro atoms. The van der Waals surface area contributed by atoms with Crippen molar-refractivity contribution in [3.63, 3.8) is 0 Å². The molecule has 23 heavy (non-hydrogen) atoms. The van der Waals surface area contributed by atoms with E-state index >= 15 is 0 Å². The van der Waals surface area contributed by atoms with Gasteiger partial charge < -0.3 is 0 Å². The molecule has 0 aromatic heterocycles. The van der Waals surface area contributed by atoms with Gasteiger partial charge >= 0.3 is 5.66 Å². The minimum atomic E-state index is -3.28. The monoisotopic (exact) mass is 339 g/mol. The average molecular weight is 339 g/mol. The molecule has 17 heteroatoms. The van der Waals surface area contributed by atoms with Crippen LogP contribution in [0.3, 0.4) is 0 Å². The van der Waals surface area contributed by atoms with Gasteiger partial charge in [0.25, 0.3) is 6.04 Å². The maximum atomic E-state index is 11.1. The van der Waals surface area contributed by atoms with Crippen LogP contribution in [0.5, 0.6) is 0 Å². The zero-order valence-corrected chi connectivity index (χ0v) is 11.1. The Bertz CT molecular complexity index is 522. The molecule has 0 saturated carbocycles. The van der Waals surface area contributed by atoms with Crippen LogP contribution in [0.1, 0.15) is 0 Å². The van der Waals surface area contributed by atoms with Gasteiger partial charge in [-0.15, -0.1) is 10.0 Å². The van der Waals surface area contributed by atoms with E-state index in [1.807, 2.05) is 0 Å². The summed E-state index contributed by atoms with van der Waals surface area (Å²) in [5.41, 5.74) is -3.28. The van der Waals surface area contributed by atoms with Crippen molar-refractivity contribution in [3.05, 3.63) is 50.6 Å². The van der Waals surface area contributed by atoms with Gasteiger partial charge in [-0.3, -0.25) is 30.3 Å². The van der Waals surface area contributed by atoms with E-state index in [4.69, 9.17) is 0 Å². The molecule has 0 aromatic rings. The lowest BCUT2D eigenvalue weighted by Crippen LogP contribution is -2.66. The summed E-state index contributed by atoms with van der Waals surface area (Å²) in [5, 5.41) is 52.1. The maximum Gasteiger partial charge on any atom is 0.503 e. The van der Waals surface area contributed by atoms with Gasteiger partial charge in [0.05, 0.1) is 0 Å². The number of hydrogen-bond acceptors (Lipinski definition) is 10. The highest BCUT2D eigenvalue weighted by molar-refractivity contribution is 4.79. The summed E-state index contributed by atoms with van der Waals surface area (Å²) in [6.07, 6.45) is 0. The number of hydrogen-bond donors (Lipinski definition) is 0. The highest BCUT2D eigenvalue weighted by Crippen LogP contribution is 2.20. The van der Waals surface area contributed by atoms with E-state index in [1.165, 1.54) is 0 Å². The summed E-state index contributed by atoms with van der Waals surface area (Å²) in [6, 6.07) is -1.83. The molecular formula is C6H9N7O10. The molecule has 0 radical (unpaired) electrons. The fraction of sp³-hybridized carbons (Fsp3) is 1.00. The number of hydrazine groups is 2. The Morgan fingerprint density at radius 3 is 1.30 bits per heavy atom. The third-order valence-corrected chi connectivity index (χ3v) is 3.15. The molecule has 1 rings (SSSR count). The summed E-state index contributed by atoms with van der Waals surface area (Å²) in [6.45, 7) is -5.05. The molecular weight excluding hydrogens is 330 g/mol. The second kappa shape index (κ2) is 6.15. The molecule has 1 aliphatic heterocycles. The predicted octanol–water partition coefficient (Wildman–Crippen LogP) is -2.12. The smallest absolute Gasteiger partial charge is 0.264 e. The van der Waals surface area contributed by atoms with Crippen LogP contribution in [-0.4, -0.2) is 72.7 Å². The topological polar surface area (TPSA) is 222 Å². The fourth-order valence-corrected chi connectivity index (χ4v) is 1.99. The first kappa shape index (κ1) is 17.7. The van der Waals surface area contributed by atoms with Crippen LogP contribution in [0.15, 0.2) is 0 Å². The molecule has 1 saturated heterocycles. The zero-order chi connectivity index (χ0) is 17.9. The fourth-order valence-electron chi connectivity index (χ4n) is 1.99. The summed E-state index contributed by atoms with van der Waals surface area (Å²) in [7, 11) is 0. The van der Waals surface area contributed by atoms with Crippen molar-refractivity contribution in [2.24, 2.45) is 0 Å². The van der Waals surface area contributed by atoms with Crippen molar-refractivity contribution in [2.75, 3.05) is 26.2 Å². The predicted molar refractivity (Wildman–Crippen MR) is 64.6 cm³/mol. The number of nitrogens with zero attached hydrogens (tertiary/aromatic N) is 7. The molecule has 0 unspecified atom stereocenters. The molecule has 128 valence electrons. The molecule has 0 amide bonds. The molecule has 0 aliphatic carbocycles. The van der Waals surface area contributed by atoms with E-state index in [0.29, 0.717) is 0 Å². The first-order chi connectivity index (χ1) is 10.5. The van der Waals surface area contributed by atoms with E-state index in [0.717, 1.165) is 0 Å². The van der Waals surface area contributed by atoms with Crippen molar-refractivity contribution in [3.8, 4) is 0 Å². The number of rotatable bonds is 5. The molecule has 0 atom stereocenters. The van der Waals surface area contributed by atoms with Gasteiger partial charge in [-0.1, -0.05) is 0 Å². The average Bonchev–Trinajstić information content (AvgIpc) is 2.36. The lowest BCUT2D eigenvalue weighted by atomic mass is 10.1. The molecule has 0 N–H and O–H groups in total. The third-order valence-electron chi connectivity index (χ3n) is 3.15. The van der Waals surface area contributed by atoms with Crippen LogP contribution in [0.2, 0.25) is 0 Å². The van der Waals surface area contributed by atoms with E-state index in [1.54, 1.807) is 0 Å². The van der Waals surface area contributed by atoms with Crippen LogP contribution in [0.4, 0.5) is 0 Å². The van der Waals surface area contributed by atoms with Crippen LogP contribution in [0.25, 0.3) is 0 Å². The Labute approximate surface area is 124 Å². The maximum absolute atomic E-state index is 11.1. The van der Waals surface area contributed by atoms with Gasteiger partial charge in [-0.25, -0.2) is 20.2 Å². The molecule has 1 heterocycles. The summed E-state index contributed by atoms with van der Waals surface area (Å²) in [4.78, 5) is 50.7.